The lowest BCUT2D eigenvalue weighted by Gasteiger charge is -2.23. The fourth-order valence-corrected chi connectivity index (χ4v) is 2.25. The Morgan fingerprint density at radius 3 is 2.90 bits per heavy atom. The van der Waals surface area contributed by atoms with Gasteiger partial charge in [-0.15, -0.1) is 0 Å². The van der Waals surface area contributed by atoms with Crippen LogP contribution in [-0.2, 0) is 4.74 Å². The summed E-state index contributed by atoms with van der Waals surface area (Å²) in [5.74, 6) is 0.237. The molecule has 1 unspecified atom stereocenters. The van der Waals surface area contributed by atoms with E-state index < -0.39 is 0 Å². The smallest absolute Gasteiger partial charge is 0.256 e. The number of ether oxygens (including phenoxy) is 1. The second kappa shape index (κ2) is 4.93. The molecule has 106 valence electrons. The normalized spacial score (nSPS) is 19.1. The van der Waals surface area contributed by atoms with E-state index in [-0.39, 0.29) is 24.0 Å². The van der Waals surface area contributed by atoms with E-state index in [1.54, 1.807) is 6.33 Å². The Bertz CT molecular complexity index is 654. The van der Waals surface area contributed by atoms with E-state index in [1.807, 2.05) is 4.57 Å². The van der Waals surface area contributed by atoms with Crippen molar-refractivity contribution in [3.63, 3.8) is 0 Å². The second-order valence-electron chi connectivity index (χ2n) is 4.59. The molecule has 9 nitrogen and oxygen atoms in total. The van der Waals surface area contributed by atoms with Crippen LogP contribution in [0.3, 0.4) is 0 Å². The van der Waals surface area contributed by atoms with Crippen LogP contribution in [0.2, 0.25) is 0 Å². The van der Waals surface area contributed by atoms with Gasteiger partial charge in [0.15, 0.2) is 17.4 Å². The largest absolute Gasteiger partial charge is 0.382 e. The summed E-state index contributed by atoms with van der Waals surface area (Å²) in [6.45, 7) is 0.728. The lowest BCUT2D eigenvalue weighted by atomic mass is 10.2. The Kier molecular flexibility index (Phi) is 3.11. The van der Waals surface area contributed by atoms with E-state index in [1.165, 1.54) is 0 Å². The van der Waals surface area contributed by atoms with Crippen LogP contribution in [0.1, 0.15) is 25.5 Å². The number of imidazole rings is 1. The number of hydrogen-bond donors (Lipinski definition) is 3. The monoisotopic (exact) mass is 276 g/mol. The highest BCUT2D eigenvalue weighted by Crippen LogP contribution is 2.27. The summed E-state index contributed by atoms with van der Waals surface area (Å²) in [4.78, 5) is 16.4. The fourth-order valence-electron chi connectivity index (χ4n) is 2.25. The highest BCUT2D eigenvalue weighted by atomic mass is 16.5. The van der Waals surface area contributed by atoms with Gasteiger partial charge < -0.3 is 21.9 Å². The molecule has 3 heterocycles. The molecular formula is C11H16N8O. The number of nitrogens with zero attached hydrogens (tertiary/aromatic N) is 5. The summed E-state index contributed by atoms with van der Waals surface area (Å²) >= 11 is 0. The Morgan fingerprint density at radius 1 is 1.35 bits per heavy atom. The van der Waals surface area contributed by atoms with Crippen molar-refractivity contribution in [2.45, 2.75) is 25.5 Å². The van der Waals surface area contributed by atoms with Crippen LogP contribution in [0.5, 0.6) is 0 Å². The molecule has 9 heteroatoms. The van der Waals surface area contributed by atoms with E-state index in [0.29, 0.717) is 11.2 Å². The molecule has 0 bridgehead atoms. The van der Waals surface area contributed by atoms with E-state index in [2.05, 4.69) is 19.9 Å². The third kappa shape index (κ3) is 2.23. The van der Waals surface area contributed by atoms with Crippen molar-refractivity contribution in [3.05, 3.63) is 6.33 Å². The number of nitrogens with two attached hydrogens (primary N) is 3. The molecule has 0 saturated carbocycles. The van der Waals surface area contributed by atoms with Crippen molar-refractivity contribution in [1.82, 2.24) is 19.5 Å². The quantitative estimate of drug-likeness (QED) is 0.517. The lowest BCUT2D eigenvalue weighted by Crippen LogP contribution is -2.22. The van der Waals surface area contributed by atoms with Crippen molar-refractivity contribution >= 4 is 28.9 Å². The number of rotatable bonds is 2. The Morgan fingerprint density at radius 2 is 2.20 bits per heavy atom. The van der Waals surface area contributed by atoms with Gasteiger partial charge in [0.25, 0.3) is 5.95 Å². The minimum atomic E-state index is -0.122. The van der Waals surface area contributed by atoms with Gasteiger partial charge in [-0.25, -0.2) is 4.98 Å². The van der Waals surface area contributed by atoms with Crippen LogP contribution in [0.4, 0.5) is 11.8 Å². The number of hydrogen-bond acceptors (Lipinski definition) is 6. The summed E-state index contributed by atoms with van der Waals surface area (Å²) in [6, 6.07) is 0. The fraction of sp³-hybridized carbons (Fsp3) is 0.455. The van der Waals surface area contributed by atoms with Gasteiger partial charge in [-0.2, -0.15) is 15.0 Å². The van der Waals surface area contributed by atoms with Gasteiger partial charge in [0.05, 0.1) is 6.33 Å². The first kappa shape index (κ1) is 12.6. The van der Waals surface area contributed by atoms with Gasteiger partial charge >= 0.3 is 0 Å². The zero-order valence-electron chi connectivity index (χ0n) is 10.9. The average Bonchev–Trinajstić information content (AvgIpc) is 2.83. The molecule has 2 aromatic heterocycles. The molecule has 3 rings (SSSR count). The Balaban J connectivity index is 2.09. The summed E-state index contributed by atoms with van der Waals surface area (Å²) in [5, 5.41) is 0. The molecule has 1 saturated heterocycles. The molecule has 0 aromatic carbocycles. The van der Waals surface area contributed by atoms with Gasteiger partial charge in [-0.3, -0.25) is 4.57 Å². The Hall–Kier alpha value is -2.42. The van der Waals surface area contributed by atoms with Crippen LogP contribution in [0.15, 0.2) is 11.3 Å². The third-order valence-electron chi connectivity index (χ3n) is 3.13. The topological polar surface area (TPSA) is 143 Å². The van der Waals surface area contributed by atoms with Gasteiger partial charge in [0.1, 0.15) is 11.7 Å². The van der Waals surface area contributed by atoms with E-state index in [4.69, 9.17) is 21.9 Å². The molecule has 1 aliphatic heterocycles. The van der Waals surface area contributed by atoms with E-state index in [0.717, 1.165) is 25.9 Å². The van der Waals surface area contributed by atoms with E-state index >= 15 is 0 Å². The van der Waals surface area contributed by atoms with Gasteiger partial charge in [-0.1, -0.05) is 0 Å². The van der Waals surface area contributed by atoms with Gasteiger partial charge in [0, 0.05) is 6.61 Å². The van der Waals surface area contributed by atoms with Gasteiger partial charge in [0.2, 0.25) is 0 Å². The predicted molar refractivity (Wildman–Crippen MR) is 74.0 cm³/mol. The number of anilines is 1. The molecule has 1 aliphatic rings. The first-order valence-electron chi connectivity index (χ1n) is 6.36. The van der Waals surface area contributed by atoms with Crippen molar-refractivity contribution in [2.24, 2.45) is 16.5 Å². The minimum absolute atomic E-state index is 0.0879. The predicted octanol–water partition coefficient (Wildman–Crippen LogP) is 0.0125. The molecule has 6 N–H and O–H groups in total. The van der Waals surface area contributed by atoms with Crippen LogP contribution >= 0.6 is 0 Å². The number of guanidine groups is 1. The number of aliphatic imine (C=N–C) groups is 1. The maximum atomic E-state index is 5.86. The molecule has 1 fully saturated rings. The molecule has 0 aliphatic carbocycles. The highest BCUT2D eigenvalue weighted by molar-refractivity contribution is 5.84. The second-order valence-corrected chi connectivity index (χ2v) is 4.59. The van der Waals surface area contributed by atoms with Crippen molar-refractivity contribution < 1.29 is 4.74 Å². The SMILES string of the molecule is NC(N)=Nc1nc(N)c2ncn(C3CCCCO3)c2n1. The first-order chi connectivity index (χ1) is 9.65. The number of aromatic nitrogens is 4. The summed E-state index contributed by atoms with van der Waals surface area (Å²) in [7, 11) is 0. The zero-order chi connectivity index (χ0) is 14.1. The minimum Gasteiger partial charge on any atom is -0.382 e. The van der Waals surface area contributed by atoms with Crippen LogP contribution in [-0.4, -0.2) is 32.1 Å². The summed E-state index contributed by atoms with van der Waals surface area (Å²) < 4.78 is 7.57. The molecule has 2 aromatic rings. The molecule has 0 spiro atoms. The first-order valence-corrected chi connectivity index (χ1v) is 6.36. The molecule has 20 heavy (non-hydrogen) atoms. The molecular weight excluding hydrogens is 260 g/mol. The highest BCUT2D eigenvalue weighted by Gasteiger charge is 2.20. The van der Waals surface area contributed by atoms with Crippen LogP contribution in [0.25, 0.3) is 11.2 Å². The van der Waals surface area contributed by atoms with Crippen LogP contribution < -0.4 is 17.2 Å². The van der Waals surface area contributed by atoms with Gasteiger partial charge in [-0.05, 0) is 19.3 Å². The molecule has 0 amide bonds. The average molecular weight is 276 g/mol. The molecule has 1 atom stereocenters. The third-order valence-corrected chi connectivity index (χ3v) is 3.13. The van der Waals surface area contributed by atoms with Crippen molar-refractivity contribution in [3.8, 4) is 0 Å². The van der Waals surface area contributed by atoms with Crippen LogP contribution in [0, 0.1) is 0 Å². The van der Waals surface area contributed by atoms with E-state index in [9.17, 15) is 0 Å². The number of fused-ring (bicyclic) bond motifs is 1. The lowest BCUT2D eigenvalue weighted by molar-refractivity contribution is -0.0298. The van der Waals surface area contributed by atoms with Crippen molar-refractivity contribution in [1.29, 1.82) is 0 Å². The summed E-state index contributed by atoms with van der Waals surface area (Å²) in [6.07, 6.45) is 4.65. The zero-order valence-corrected chi connectivity index (χ0v) is 10.9. The standard InChI is InChI=1S/C11H16N8O/c12-8-7-9(17-11(16-8)18-10(13)14)19(5-15-7)6-3-1-2-4-20-6/h5-6H,1-4H2,(H6,12,13,14,16,17,18). The number of nitrogen functional groups attached to an aromatic ring is 1. The van der Waals surface area contributed by atoms with Crippen molar-refractivity contribution in [2.75, 3.05) is 12.3 Å². The Labute approximate surface area is 114 Å². The maximum absolute atomic E-state index is 5.86. The maximum Gasteiger partial charge on any atom is 0.256 e. The summed E-state index contributed by atoms with van der Waals surface area (Å²) in [5.41, 5.74) is 17.6. The molecule has 0 radical (unpaired) electrons.